The topological polar surface area (TPSA) is 50.1 Å². The largest absolute Gasteiger partial charge is 0.394 e. The summed E-state index contributed by atoms with van der Waals surface area (Å²) < 4.78 is 2.00. The van der Waals surface area contributed by atoms with Gasteiger partial charge in [0.2, 0.25) is 0 Å². The molecule has 4 nitrogen and oxygen atoms in total. The molecule has 0 bridgehead atoms. The van der Waals surface area contributed by atoms with Gasteiger partial charge in [-0.25, -0.2) is 0 Å². The van der Waals surface area contributed by atoms with Crippen LogP contribution in [0.25, 0.3) is 0 Å². The average Bonchev–Trinajstić information content (AvgIpc) is 3.11. The quantitative estimate of drug-likeness (QED) is 0.752. The van der Waals surface area contributed by atoms with Crippen molar-refractivity contribution in [3.63, 3.8) is 0 Å². The van der Waals surface area contributed by atoms with Gasteiger partial charge in [-0.15, -0.1) is 0 Å². The molecular formula is C13H23N3O. The van der Waals surface area contributed by atoms with Crippen molar-refractivity contribution >= 4 is 0 Å². The molecule has 2 N–H and O–H groups in total. The first-order chi connectivity index (χ1) is 8.22. The van der Waals surface area contributed by atoms with Crippen LogP contribution in [-0.4, -0.2) is 33.6 Å². The van der Waals surface area contributed by atoms with E-state index in [1.807, 2.05) is 16.9 Å². The lowest BCUT2D eigenvalue weighted by Crippen LogP contribution is -2.54. The fraction of sp³-hybridized carbons (Fsp3) is 0.769. The molecule has 1 aromatic rings. The summed E-state index contributed by atoms with van der Waals surface area (Å²) in [5.41, 5.74) is 0.981. The second-order valence-corrected chi connectivity index (χ2v) is 5.15. The van der Waals surface area contributed by atoms with E-state index in [1.165, 1.54) is 12.8 Å². The molecular weight excluding hydrogens is 214 g/mol. The van der Waals surface area contributed by atoms with E-state index in [-0.39, 0.29) is 12.1 Å². The molecule has 0 radical (unpaired) electrons. The van der Waals surface area contributed by atoms with Gasteiger partial charge in [-0.1, -0.05) is 6.92 Å². The third-order valence-corrected chi connectivity index (χ3v) is 3.73. The number of aliphatic hydroxyl groups is 1. The van der Waals surface area contributed by atoms with Crippen molar-refractivity contribution in [3.8, 4) is 0 Å². The van der Waals surface area contributed by atoms with Gasteiger partial charge in [0.15, 0.2) is 0 Å². The molecule has 1 heterocycles. The zero-order valence-electron chi connectivity index (χ0n) is 10.8. The number of hydrogen-bond acceptors (Lipinski definition) is 3. The minimum Gasteiger partial charge on any atom is -0.394 e. The zero-order valence-corrected chi connectivity index (χ0v) is 10.8. The first-order valence-electron chi connectivity index (χ1n) is 6.56. The van der Waals surface area contributed by atoms with Gasteiger partial charge in [-0.3, -0.25) is 4.68 Å². The number of nitrogens with zero attached hydrogens (tertiary/aromatic N) is 2. The maximum absolute atomic E-state index is 9.80. The Balaban J connectivity index is 2.11. The van der Waals surface area contributed by atoms with Crippen LogP contribution in [-0.2, 0) is 6.54 Å². The molecule has 0 saturated heterocycles. The second kappa shape index (κ2) is 5.19. The van der Waals surface area contributed by atoms with Gasteiger partial charge in [0, 0.05) is 11.9 Å². The zero-order chi connectivity index (χ0) is 12.3. The number of aromatic nitrogens is 2. The van der Waals surface area contributed by atoms with Gasteiger partial charge in [0.25, 0.3) is 0 Å². The summed E-state index contributed by atoms with van der Waals surface area (Å²) in [5.74, 6) is 0.600. The Morgan fingerprint density at radius 1 is 1.59 bits per heavy atom. The first-order valence-corrected chi connectivity index (χ1v) is 6.56. The molecule has 1 fully saturated rings. The summed E-state index contributed by atoms with van der Waals surface area (Å²) >= 11 is 0. The lowest BCUT2D eigenvalue weighted by atomic mass is 9.93. The van der Waals surface area contributed by atoms with E-state index in [0.717, 1.165) is 25.2 Å². The predicted molar refractivity (Wildman–Crippen MR) is 67.8 cm³/mol. The van der Waals surface area contributed by atoms with Gasteiger partial charge in [0.1, 0.15) is 0 Å². The standard InChI is InChI=1S/C13H23N3O/c1-3-7-14-13(10-17,12-4-5-12)9-16-11(2)6-8-15-16/h6,8,12,14,17H,3-5,7,9-10H2,1-2H3. The summed E-state index contributed by atoms with van der Waals surface area (Å²) in [6.07, 6.45) is 5.35. The maximum atomic E-state index is 9.80. The molecule has 0 aliphatic heterocycles. The number of aryl methyl sites for hydroxylation is 1. The van der Waals surface area contributed by atoms with Gasteiger partial charge < -0.3 is 10.4 Å². The molecule has 0 amide bonds. The second-order valence-electron chi connectivity index (χ2n) is 5.15. The van der Waals surface area contributed by atoms with E-state index in [0.29, 0.717) is 5.92 Å². The van der Waals surface area contributed by atoms with Crippen molar-refractivity contribution in [1.82, 2.24) is 15.1 Å². The van der Waals surface area contributed by atoms with Crippen LogP contribution in [0.3, 0.4) is 0 Å². The van der Waals surface area contributed by atoms with E-state index < -0.39 is 0 Å². The molecule has 1 aliphatic rings. The molecule has 1 aliphatic carbocycles. The van der Waals surface area contributed by atoms with Crippen molar-refractivity contribution < 1.29 is 5.11 Å². The summed E-state index contributed by atoms with van der Waals surface area (Å²) in [4.78, 5) is 0. The third-order valence-electron chi connectivity index (χ3n) is 3.73. The van der Waals surface area contributed by atoms with Crippen LogP contribution >= 0.6 is 0 Å². The monoisotopic (exact) mass is 237 g/mol. The minimum absolute atomic E-state index is 0.174. The normalized spacial score (nSPS) is 19.2. The van der Waals surface area contributed by atoms with Crippen molar-refractivity contribution in [2.45, 2.75) is 45.2 Å². The summed E-state index contributed by atoms with van der Waals surface area (Å²) in [7, 11) is 0. The SMILES string of the molecule is CCCNC(CO)(Cn1nccc1C)C1CC1. The third kappa shape index (κ3) is 2.69. The summed E-state index contributed by atoms with van der Waals surface area (Å²) in [6, 6.07) is 2.01. The van der Waals surface area contributed by atoms with Gasteiger partial charge in [0.05, 0.1) is 18.7 Å². The van der Waals surface area contributed by atoms with Crippen LogP contribution in [0.5, 0.6) is 0 Å². The van der Waals surface area contributed by atoms with E-state index in [2.05, 4.69) is 24.3 Å². The molecule has 96 valence electrons. The Hall–Kier alpha value is -0.870. The highest BCUT2D eigenvalue weighted by Crippen LogP contribution is 2.40. The lowest BCUT2D eigenvalue weighted by molar-refractivity contribution is 0.118. The molecule has 2 rings (SSSR count). The Labute approximate surface area is 103 Å². The number of rotatable bonds is 7. The van der Waals surface area contributed by atoms with E-state index in [4.69, 9.17) is 0 Å². The highest BCUT2D eigenvalue weighted by Gasteiger charge is 2.44. The molecule has 0 spiro atoms. The first kappa shape index (κ1) is 12.6. The summed E-state index contributed by atoms with van der Waals surface area (Å²) in [6.45, 7) is 6.13. The van der Waals surface area contributed by atoms with E-state index in [9.17, 15) is 5.11 Å². The molecule has 4 heteroatoms. The van der Waals surface area contributed by atoms with Crippen molar-refractivity contribution in [2.24, 2.45) is 5.92 Å². The highest BCUT2D eigenvalue weighted by atomic mass is 16.3. The maximum Gasteiger partial charge on any atom is 0.0641 e. The van der Waals surface area contributed by atoms with Crippen LogP contribution in [0.4, 0.5) is 0 Å². The van der Waals surface area contributed by atoms with Gasteiger partial charge >= 0.3 is 0 Å². The molecule has 1 saturated carbocycles. The highest BCUT2D eigenvalue weighted by molar-refractivity contribution is 5.04. The van der Waals surface area contributed by atoms with Crippen LogP contribution in [0.2, 0.25) is 0 Å². The van der Waals surface area contributed by atoms with Crippen LogP contribution in [0.15, 0.2) is 12.3 Å². The number of hydrogen-bond donors (Lipinski definition) is 2. The Morgan fingerprint density at radius 2 is 2.35 bits per heavy atom. The van der Waals surface area contributed by atoms with Gasteiger partial charge in [-0.2, -0.15) is 5.10 Å². The molecule has 17 heavy (non-hydrogen) atoms. The minimum atomic E-state index is -0.174. The fourth-order valence-electron chi connectivity index (χ4n) is 2.41. The number of nitrogens with one attached hydrogen (secondary N) is 1. The Bertz CT molecular complexity index is 359. The molecule has 1 aromatic heterocycles. The predicted octanol–water partition coefficient (Wildman–Crippen LogP) is 1.33. The lowest BCUT2D eigenvalue weighted by Gasteiger charge is -2.34. The average molecular weight is 237 g/mol. The van der Waals surface area contributed by atoms with Crippen molar-refractivity contribution in [3.05, 3.63) is 18.0 Å². The molecule has 0 aromatic carbocycles. The van der Waals surface area contributed by atoms with Crippen LogP contribution in [0, 0.1) is 12.8 Å². The van der Waals surface area contributed by atoms with Gasteiger partial charge in [-0.05, 0) is 44.7 Å². The Kier molecular flexibility index (Phi) is 3.84. The van der Waals surface area contributed by atoms with Crippen molar-refractivity contribution in [2.75, 3.05) is 13.2 Å². The molecule has 1 atom stereocenters. The smallest absolute Gasteiger partial charge is 0.0641 e. The Morgan fingerprint density at radius 3 is 2.82 bits per heavy atom. The van der Waals surface area contributed by atoms with E-state index in [1.54, 1.807) is 0 Å². The van der Waals surface area contributed by atoms with Crippen molar-refractivity contribution in [1.29, 1.82) is 0 Å². The number of aliphatic hydroxyl groups excluding tert-OH is 1. The van der Waals surface area contributed by atoms with E-state index >= 15 is 0 Å². The van der Waals surface area contributed by atoms with Crippen LogP contribution < -0.4 is 5.32 Å². The molecule has 1 unspecified atom stereocenters. The summed E-state index contributed by atoms with van der Waals surface area (Å²) in [5, 5.41) is 17.7. The fourth-order valence-corrected chi connectivity index (χ4v) is 2.41. The van der Waals surface area contributed by atoms with Crippen LogP contribution in [0.1, 0.15) is 31.9 Å².